The Kier molecular flexibility index (Phi) is 7.63. The van der Waals surface area contributed by atoms with Gasteiger partial charge in [-0.1, -0.05) is 25.8 Å². The molecule has 1 aliphatic heterocycles. The summed E-state index contributed by atoms with van der Waals surface area (Å²) in [6, 6.07) is 9.09. The molecule has 0 aliphatic carbocycles. The molecule has 1 saturated heterocycles. The van der Waals surface area contributed by atoms with Crippen LogP contribution >= 0.6 is 0 Å². The van der Waals surface area contributed by atoms with E-state index < -0.39 is 17.7 Å². The smallest absolute Gasteiger partial charge is 0.295 e. The molecule has 0 spiro atoms. The SMILES string of the molecule is CCCCCN1C(=O)C(=O)/C(=C(/O)c2ccc(OC)cc2C)C1c1ccc(O)c(OCC)c1. The number of benzene rings is 2. The van der Waals surface area contributed by atoms with Crippen LogP contribution in [0.4, 0.5) is 0 Å². The molecule has 1 unspecified atom stereocenters. The van der Waals surface area contributed by atoms with Crippen LogP contribution in [0.15, 0.2) is 42.0 Å². The van der Waals surface area contributed by atoms with E-state index in [1.807, 2.05) is 0 Å². The summed E-state index contributed by atoms with van der Waals surface area (Å²) >= 11 is 0. The third kappa shape index (κ3) is 4.82. The van der Waals surface area contributed by atoms with Crippen LogP contribution in [0.2, 0.25) is 0 Å². The molecule has 176 valence electrons. The molecule has 7 nitrogen and oxygen atoms in total. The molecule has 0 bridgehead atoms. The Labute approximate surface area is 194 Å². The number of ether oxygens (including phenoxy) is 2. The van der Waals surface area contributed by atoms with E-state index in [2.05, 4.69) is 6.92 Å². The molecule has 33 heavy (non-hydrogen) atoms. The summed E-state index contributed by atoms with van der Waals surface area (Å²) in [7, 11) is 1.55. The van der Waals surface area contributed by atoms with Gasteiger partial charge in [-0.2, -0.15) is 0 Å². The number of aliphatic hydroxyl groups is 1. The van der Waals surface area contributed by atoms with Crippen LogP contribution in [0.25, 0.3) is 5.76 Å². The maximum Gasteiger partial charge on any atom is 0.295 e. The highest BCUT2D eigenvalue weighted by Gasteiger charge is 2.46. The number of Topliss-reactive ketones (excluding diaryl/α,β-unsaturated/α-hetero) is 1. The second-order valence-corrected chi connectivity index (χ2v) is 8.04. The lowest BCUT2D eigenvalue weighted by Gasteiger charge is -2.26. The van der Waals surface area contributed by atoms with Gasteiger partial charge in [-0.25, -0.2) is 0 Å². The number of amides is 1. The Bertz CT molecular complexity index is 1070. The van der Waals surface area contributed by atoms with Gasteiger partial charge in [-0.15, -0.1) is 0 Å². The number of phenolic OH excluding ortho intramolecular Hbond substituents is 1. The standard InChI is InChI=1S/C26H31NO6/c1-5-7-8-13-27-23(17-9-12-20(28)21(15-17)33-6-2)22(25(30)26(27)31)24(29)19-11-10-18(32-4)14-16(19)3/h9-12,14-15,23,28-29H,5-8,13H2,1-4H3/b24-22+. The van der Waals surface area contributed by atoms with Gasteiger partial charge in [-0.3, -0.25) is 9.59 Å². The van der Waals surface area contributed by atoms with E-state index in [1.165, 1.54) is 11.0 Å². The molecule has 0 aromatic heterocycles. The fourth-order valence-corrected chi connectivity index (χ4v) is 4.14. The van der Waals surface area contributed by atoms with Crippen molar-refractivity contribution in [1.29, 1.82) is 0 Å². The number of aromatic hydroxyl groups is 1. The molecule has 2 aromatic rings. The van der Waals surface area contributed by atoms with Gasteiger partial charge in [0.2, 0.25) is 0 Å². The average molecular weight is 454 g/mol. The number of nitrogens with zero attached hydrogens (tertiary/aromatic N) is 1. The van der Waals surface area contributed by atoms with Gasteiger partial charge in [0.05, 0.1) is 25.3 Å². The number of rotatable bonds is 9. The van der Waals surface area contributed by atoms with Crippen molar-refractivity contribution in [2.24, 2.45) is 0 Å². The third-order valence-corrected chi connectivity index (χ3v) is 5.83. The quantitative estimate of drug-likeness (QED) is 0.247. The number of aryl methyl sites for hydroxylation is 1. The number of phenols is 1. The molecule has 1 aliphatic rings. The highest BCUT2D eigenvalue weighted by atomic mass is 16.5. The first-order valence-corrected chi connectivity index (χ1v) is 11.2. The number of aliphatic hydroxyl groups excluding tert-OH is 1. The van der Waals surface area contributed by atoms with Crippen molar-refractivity contribution >= 4 is 17.4 Å². The van der Waals surface area contributed by atoms with Crippen molar-refractivity contribution in [2.45, 2.75) is 46.1 Å². The molecule has 1 atom stereocenters. The molecular weight excluding hydrogens is 422 g/mol. The summed E-state index contributed by atoms with van der Waals surface area (Å²) in [5.41, 5.74) is 1.78. The lowest BCUT2D eigenvalue weighted by molar-refractivity contribution is -0.139. The highest BCUT2D eigenvalue weighted by molar-refractivity contribution is 6.46. The maximum absolute atomic E-state index is 13.1. The van der Waals surface area contributed by atoms with Crippen LogP contribution in [0.3, 0.4) is 0 Å². The number of hydrogen-bond acceptors (Lipinski definition) is 6. The van der Waals surface area contributed by atoms with Crippen LogP contribution in [0.5, 0.6) is 17.2 Å². The van der Waals surface area contributed by atoms with Crippen molar-refractivity contribution in [3.63, 3.8) is 0 Å². The van der Waals surface area contributed by atoms with E-state index in [0.717, 1.165) is 19.3 Å². The Morgan fingerprint density at radius 1 is 1.09 bits per heavy atom. The summed E-state index contributed by atoms with van der Waals surface area (Å²) in [4.78, 5) is 27.7. The van der Waals surface area contributed by atoms with Gasteiger partial charge < -0.3 is 24.6 Å². The first-order chi connectivity index (χ1) is 15.8. The van der Waals surface area contributed by atoms with Crippen LogP contribution in [-0.2, 0) is 9.59 Å². The largest absolute Gasteiger partial charge is 0.507 e. The van der Waals surface area contributed by atoms with E-state index in [1.54, 1.807) is 51.3 Å². The molecule has 3 rings (SSSR count). The van der Waals surface area contributed by atoms with Crippen molar-refractivity contribution in [2.75, 3.05) is 20.3 Å². The summed E-state index contributed by atoms with van der Waals surface area (Å²) in [6.07, 6.45) is 2.61. The molecule has 2 aromatic carbocycles. The number of unbranched alkanes of at least 4 members (excludes halogenated alkanes) is 2. The zero-order valence-corrected chi connectivity index (χ0v) is 19.6. The number of carbonyl (C=O) groups excluding carboxylic acids is 2. The van der Waals surface area contributed by atoms with E-state index in [-0.39, 0.29) is 22.8 Å². The molecule has 0 saturated carbocycles. The van der Waals surface area contributed by atoms with Crippen molar-refractivity contribution in [3.05, 3.63) is 58.7 Å². The fourth-order valence-electron chi connectivity index (χ4n) is 4.14. The van der Waals surface area contributed by atoms with Gasteiger partial charge in [0.1, 0.15) is 11.5 Å². The van der Waals surface area contributed by atoms with Gasteiger partial charge >= 0.3 is 0 Å². The molecule has 7 heteroatoms. The van der Waals surface area contributed by atoms with Crippen LogP contribution in [-0.4, -0.2) is 47.1 Å². The first kappa shape index (κ1) is 24.2. The lowest BCUT2D eigenvalue weighted by Crippen LogP contribution is -2.30. The number of methoxy groups -OCH3 is 1. The monoisotopic (exact) mass is 453 g/mol. The Morgan fingerprint density at radius 3 is 2.48 bits per heavy atom. The van der Waals surface area contributed by atoms with E-state index >= 15 is 0 Å². The summed E-state index contributed by atoms with van der Waals surface area (Å²) in [6.45, 7) is 6.39. The molecule has 2 N–H and O–H groups in total. The van der Waals surface area contributed by atoms with Crippen LogP contribution in [0.1, 0.15) is 55.8 Å². The number of likely N-dealkylation sites (tertiary alicyclic amines) is 1. The van der Waals surface area contributed by atoms with Crippen molar-refractivity contribution in [1.82, 2.24) is 4.90 Å². The third-order valence-electron chi connectivity index (χ3n) is 5.83. The topological polar surface area (TPSA) is 96.3 Å². The minimum absolute atomic E-state index is 0.0258. The summed E-state index contributed by atoms with van der Waals surface area (Å²) in [5, 5.41) is 21.4. The highest BCUT2D eigenvalue weighted by Crippen LogP contribution is 2.42. The second-order valence-electron chi connectivity index (χ2n) is 8.04. The van der Waals surface area contributed by atoms with Gasteiger partial charge in [0.15, 0.2) is 11.5 Å². The Balaban J connectivity index is 2.18. The van der Waals surface area contributed by atoms with E-state index in [0.29, 0.717) is 35.6 Å². The molecule has 1 heterocycles. The van der Waals surface area contributed by atoms with Crippen LogP contribution in [0, 0.1) is 6.92 Å². The second kappa shape index (κ2) is 10.4. The Morgan fingerprint density at radius 2 is 1.85 bits per heavy atom. The number of carbonyl (C=O) groups is 2. The van der Waals surface area contributed by atoms with Crippen LogP contribution < -0.4 is 9.47 Å². The molecule has 1 fully saturated rings. The molecule has 0 radical (unpaired) electrons. The van der Waals surface area contributed by atoms with Gasteiger partial charge in [0, 0.05) is 12.1 Å². The van der Waals surface area contributed by atoms with Gasteiger partial charge in [0.25, 0.3) is 11.7 Å². The number of ketones is 1. The van der Waals surface area contributed by atoms with Crippen molar-refractivity contribution < 1.29 is 29.3 Å². The van der Waals surface area contributed by atoms with E-state index in [4.69, 9.17) is 9.47 Å². The molecular formula is C26H31NO6. The summed E-state index contributed by atoms with van der Waals surface area (Å²) < 4.78 is 10.8. The first-order valence-electron chi connectivity index (χ1n) is 11.2. The zero-order chi connectivity index (χ0) is 24.1. The fraction of sp³-hybridized carbons (Fsp3) is 0.385. The Hall–Kier alpha value is -3.48. The zero-order valence-electron chi connectivity index (χ0n) is 19.6. The average Bonchev–Trinajstić information content (AvgIpc) is 3.05. The van der Waals surface area contributed by atoms with Gasteiger partial charge in [-0.05, 0) is 61.7 Å². The predicted molar refractivity (Wildman–Crippen MR) is 126 cm³/mol. The van der Waals surface area contributed by atoms with Crippen molar-refractivity contribution in [3.8, 4) is 17.2 Å². The predicted octanol–water partition coefficient (Wildman–Crippen LogP) is 4.72. The molecule has 1 amide bonds. The summed E-state index contributed by atoms with van der Waals surface area (Å²) in [5.74, 6) is -0.752. The maximum atomic E-state index is 13.1. The lowest BCUT2D eigenvalue weighted by atomic mass is 9.93. The minimum Gasteiger partial charge on any atom is -0.507 e. The minimum atomic E-state index is -0.789. The number of hydrogen-bond donors (Lipinski definition) is 2. The normalized spacial score (nSPS) is 17.5. The van der Waals surface area contributed by atoms with E-state index in [9.17, 15) is 19.8 Å².